The third-order valence-electron chi connectivity index (χ3n) is 3.61. The maximum absolute atomic E-state index is 5.82. The van der Waals surface area contributed by atoms with E-state index in [1.807, 2.05) is 23.1 Å². The molecule has 2 aromatic rings. The van der Waals surface area contributed by atoms with Crippen LogP contribution in [0.15, 0.2) is 35.3 Å². The van der Waals surface area contributed by atoms with E-state index in [0.29, 0.717) is 6.01 Å². The van der Waals surface area contributed by atoms with Gasteiger partial charge in [0.05, 0.1) is 11.0 Å². The number of likely N-dealkylation sites (tertiary alicyclic amines) is 1. The van der Waals surface area contributed by atoms with E-state index in [2.05, 4.69) is 35.9 Å². The molecule has 3 heterocycles. The number of halogens is 1. The molecule has 2 aromatic heterocycles. The Kier molecular flexibility index (Phi) is 4.82. The first kappa shape index (κ1) is 14.5. The predicted octanol–water partition coefficient (Wildman–Crippen LogP) is 1.98. The van der Waals surface area contributed by atoms with Crippen LogP contribution >= 0.6 is 15.9 Å². The Labute approximate surface area is 132 Å². The number of piperidine rings is 1. The van der Waals surface area contributed by atoms with Crippen LogP contribution in [0.1, 0.15) is 12.8 Å². The summed E-state index contributed by atoms with van der Waals surface area (Å²) in [6.45, 7) is 4.06. The largest absolute Gasteiger partial charge is 0.460 e. The molecule has 7 heteroatoms. The van der Waals surface area contributed by atoms with Crippen LogP contribution in [0.5, 0.6) is 6.01 Å². The lowest BCUT2D eigenvalue weighted by Crippen LogP contribution is -2.39. The van der Waals surface area contributed by atoms with E-state index >= 15 is 0 Å². The van der Waals surface area contributed by atoms with Gasteiger partial charge in [0.2, 0.25) is 0 Å². The van der Waals surface area contributed by atoms with E-state index < -0.39 is 0 Å². The van der Waals surface area contributed by atoms with Crippen molar-refractivity contribution >= 4 is 15.9 Å². The summed E-state index contributed by atoms with van der Waals surface area (Å²) in [4.78, 5) is 10.8. The second-order valence-electron chi connectivity index (χ2n) is 5.11. The minimum atomic E-state index is 0.215. The highest BCUT2D eigenvalue weighted by molar-refractivity contribution is 9.10. The average molecular weight is 352 g/mol. The summed E-state index contributed by atoms with van der Waals surface area (Å²) in [6, 6.07) is 2.42. The highest BCUT2D eigenvalue weighted by Gasteiger charge is 2.21. The van der Waals surface area contributed by atoms with Crippen molar-refractivity contribution in [1.82, 2.24) is 24.6 Å². The summed E-state index contributed by atoms with van der Waals surface area (Å²) in [5.41, 5.74) is 0. The van der Waals surface area contributed by atoms with Gasteiger partial charge in [-0.05, 0) is 34.8 Å². The van der Waals surface area contributed by atoms with Crippen molar-refractivity contribution in [2.75, 3.05) is 19.6 Å². The zero-order chi connectivity index (χ0) is 14.5. The monoisotopic (exact) mass is 351 g/mol. The van der Waals surface area contributed by atoms with Gasteiger partial charge in [0.25, 0.3) is 0 Å². The summed E-state index contributed by atoms with van der Waals surface area (Å²) in [5, 5.41) is 4.22. The molecule has 112 valence electrons. The van der Waals surface area contributed by atoms with Crippen molar-refractivity contribution < 1.29 is 4.74 Å². The Morgan fingerprint density at radius 2 is 1.95 bits per heavy atom. The topological polar surface area (TPSA) is 56.1 Å². The lowest BCUT2D eigenvalue weighted by molar-refractivity contribution is 0.0904. The van der Waals surface area contributed by atoms with Crippen LogP contribution < -0.4 is 4.74 Å². The van der Waals surface area contributed by atoms with Crippen molar-refractivity contribution in [3.8, 4) is 6.01 Å². The highest BCUT2D eigenvalue weighted by Crippen LogP contribution is 2.16. The Balaban J connectivity index is 1.41. The molecule has 1 aliphatic rings. The smallest absolute Gasteiger partial charge is 0.316 e. The molecule has 0 amide bonds. The van der Waals surface area contributed by atoms with Crippen LogP contribution in [0.25, 0.3) is 0 Å². The first-order valence-corrected chi connectivity index (χ1v) is 7.93. The molecule has 3 rings (SSSR count). The van der Waals surface area contributed by atoms with Gasteiger partial charge in [-0.2, -0.15) is 5.10 Å². The first-order valence-electron chi connectivity index (χ1n) is 7.13. The van der Waals surface area contributed by atoms with Gasteiger partial charge in [-0.3, -0.25) is 4.68 Å². The van der Waals surface area contributed by atoms with Gasteiger partial charge in [-0.15, -0.1) is 0 Å². The van der Waals surface area contributed by atoms with Gasteiger partial charge in [0.15, 0.2) is 0 Å². The lowest BCUT2D eigenvalue weighted by Gasteiger charge is -2.31. The third-order valence-corrected chi connectivity index (χ3v) is 4.02. The Morgan fingerprint density at radius 1 is 1.19 bits per heavy atom. The van der Waals surface area contributed by atoms with Crippen molar-refractivity contribution in [2.24, 2.45) is 0 Å². The maximum atomic E-state index is 5.82. The van der Waals surface area contributed by atoms with Crippen LogP contribution in [-0.2, 0) is 6.54 Å². The minimum absolute atomic E-state index is 0.215. The molecule has 1 aliphatic heterocycles. The van der Waals surface area contributed by atoms with Gasteiger partial charge in [0, 0.05) is 44.4 Å². The van der Waals surface area contributed by atoms with E-state index in [4.69, 9.17) is 4.74 Å². The SMILES string of the molecule is Brc1cnc(OC2CCN(CCn3cccn3)CC2)nc1. The quantitative estimate of drug-likeness (QED) is 0.824. The first-order chi connectivity index (χ1) is 10.3. The van der Waals surface area contributed by atoms with Gasteiger partial charge in [0.1, 0.15) is 6.10 Å². The zero-order valence-electron chi connectivity index (χ0n) is 11.7. The van der Waals surface area contributed by atoms with Crippen LogP contribution in [0, 0.1) is 0 Å². The van der Waals surface area contributed by atoms with Crippen LogP contribution in [0.3, 0.4) is 0 Å². The van der Waals surface area contributed by atoms with Gasteiger partial charge < -0.3 is 9.64 Å². The molecule has 1 saturated heterocycles. The summed E-state index contributed by atoms with van der Waals surface area (Å²) < 4.78 is 8.66. The van der Waals surface area contributed by atoms with Crippen molar-refractivity contribution in [2.45, 2.75) is 25.5 Å². The van der Waals surface area contributed by atoms with Crippen LogP contribution in [0.4, 0.5) is 0 Å². The molecule has 0 aliphatic carbocycles. The Bertz CT molecular complexity index is 537. The average Bonchev–Trinajstić information content (AvgIpc) is 3.02. The van der Waals surface area contributed by atoms with E-state index in [-0.39, 0.29) is 6.10 Å². The summed E-state index contributed by atoms with van der Waals surface area (Å²) in [5.74, 6) is 0. The molecule has 0 saturated carbocycles. The van der Waals surface area contributed by atoms with Crippen LogP contribution in [0.2, 0.25) is 0 Å². The third kappa shape index (κ3) is 4.25. The molecule has 0 aromatic carbocycles. The molecule has 1 fully saturated rings. The fraction of sp³-hybridized carbons (Fsp3) is 0.500. The maximum Gasteiger partial charge on any atom is 0.316 e. The number of rotatable bonds is 5. The second kappa shape index (κ2) is 7.00. The van der Waals surface area contributed by atoms with Gasteiger partial charge in [-0.1, -0.05) is 0 Å². The molecule has 0 atom stereocenters. The predicted molar refractivity (Wildman–Crippen MR) is 82.0 cm³/mol. The van der Waals surface area contributed by atoms with Gasteiger partial charge >= 0.3 is 6.01 Å². The summed E-state index contributed by atoms with van der Waals surface area (Å²) in [6.07, 6.45) is 9.48. The van der Waals surface area contributed by atoms with Gasteiger partial charge in [-0.25, -0.2) is 9.97 Å². The number of hydrogen-bond acceptors (Lipinski definition) is 5. The number of hydrogen-bond donors (Lipinski definition) is 0. The highest BCUT2D eigenvalue weighted by atomic mass is 79.9. The van der Waals surface area contributed by atoms with Crippen molar-refractivity contribution in [1.29, 1.82) is 0 Å². The lowest BCUT2D eigenvalue weighted by atomic mass is 10.1. The van der Waals surface area contributed by atoms with Crippen molar-refractivity contribution in [3.05, 3.63) is 35.3 Å². The number of nitrogens with zero attached hydrogens (tertiary/aromatic N) is 5. The molecular weight excluding hydrogens is 334 g/mol. The fourth-order valence-electron chi connectivity index (χ4n) is 2.44. The number of ether oxygens (including phenoxy) is 1. The molecule has 0 unspecified atom stereocenters. The molecular formula is C14H18BrN5O. The second-order valence-corrected chi connectivity index (χ2v) is 6.03. The summed E-state index contributed by atoms with van der Waals surface area (Å²) >= 11 is 3.32. The number of aromatic nitrogens is 4. The van der Waals surface area contributed by atoms with E-state index in [0.717, 1.165) is 43.5 Å². The van der Waals surface area contributed by atoms with Crippen molar-refractivity contribution in [3.63, 3.8) is 0 Å². The van der Waals surface area contributed by atoms with E-state index in [1.165, 1.54) is 0 Å². The minimum Gasteiger partial charge on any atom is -0.460 e. The standard InChI is InChI=1S/C14H18BrN5O/c15-12-10-16-14(17-11-12)21-13-2-6-19(7-3-13)8-9-20-5-1-4-18-20/h1,4-5,10-11,13H,2-3,6-9H2. The van der Waals surface area contributed by atoms with E-state index in [1.54, 1.807) is 12.4 Å². The fourth-order valence-corrected chi connectivity index (χ4v) is 2.64. The normalized spacial score (nSPS) is 17.0. The molecule has 21 heavy (non-hydrogen) atoms. The molecule has 0 N–H and O–H groups in total. The molecule has 0 bridgehead atoms. The van der Waals surface area contributed by atoms with E-state index in [9.17, 15) is 0 Å². The molecule has 6 nitrogen and oxygen atoms in total. The van der Waals surface area contributed by atoms with Crippen LogP contribution in [-0.4, -0.2) is 50.4 Å². The zero-order valence-corrected chi connectivity index (χ0v) is 13.3. The molecule has 0 radical (unpaired) electrons. The molecule has 0 spiro atoms. The Hall–Kier alpha value is -1.47. The summed E-state index contributed by atoms with van der Waals surface area (Å²) in [7, 11) is 0. The Morgan fingerprint density at radius 3 is 2.62 bits per heavy atom.